The number of carboxylic acid groups (broad SMARTS) is 1. The Balaban J connectivity index is 1.76. The average molecular weight is 314 g/mol. The van der Waals surface area contributed by atoms with Gasteiger partial charge in [0.1, 0.15) is 5.76 Å². The zero-order valence-corrected chi connectivity index (χ0v) is 12.7. The molecule has 112 valence electrons. The Labute approximate surface area is 131 Å². The number of benzene rings is 1. The fourth-order valence-corrected chi connectivity index (χ4v) is 2.94. The summed E-state index contributed by atoms with van der Waals surface area (Å²) in [4.78, 5) is 15.1. The van der Waals surface area contributed by atoms with Crippen LogP contribution in [0.5, 0.6) is 0 Å². The van der Waals surface area contributed by atoms with Crippen molar-refractivity contribution in [2.45, 2.75) is 17.8 Å². The van der Waals surface area contributed by atoms with E-state index in [1.54, 1.807) is 12.3 Å². The van der Waals surface area contributed by atoms with E-state index < -0.39 is 5.97 Å². The Kier molecular flexibility index (Phi) is 4.02. The molecule has 1 N–H and O–H groups in total. The molecular weight excluding hydrogens is 300 g/mol. The highest BCUT2D eigenvalue weighted by Gasteiger charge is 2.11. The van der Waals surface area contributed by atoms with Crippen molar-refractivity contribution in [3.63, 3.8) is 0 Å². The minimum absolute atomic E-state index is 0.0439. The van der Waals surface area contributed by atoms with Gasteiger partial charge < -0.3 is 9.52 Å². The van der Waals surface area contributed by atoms with E-state index in [1.807, 2.05) is 35.9 Å². The van der Waals surface area contributed by atoms with Crippen LogP contribution in [0.4, 0.5) is 0 Å². The Morgan fingerprint density at radius 3 is 2.95 bits per heavy atom. The first-order valence-corrected chi connectivity index (χ1v) is 7.67. The van der Waals surface area contributed by atoms with Crippen LogP contribution in [-0.4, -0.2) is 20.6 Å². The molecular formula is C16H14N2O3S. The summed E-state index contributed by atoms with van der Waals surface area (Å²) in [5, 5.41) is 9.68. The van der Waals surface area contributed by atoms with Gasteiger partial charge in [0.2, 0.25) is 5.76 Å². The summed E-state index contributed by atoms with van der Waals surface area (Å²) in [5.74, 6) is 0.0344. The third-order valence-electron chi connectivity index (χ3n) is 3.10. The highest BCUT2D eigenvalue weighted by atomic mass is 32.2. The number of nitrogens with zero attached hydrogens (tertiary/aromatic N) is 2. The summed E-state index contributed by atoms with van der Waals surface area (Å²) in [7, 11) is 0. The fourth-order valence-electron chi connectivity index (χ4n) is 2.08. The van der Waals surface area contributed by atoms with Crippen molar-refractivity contribution in [2.24, 2.45) is 0 Å². The summed E-state index contributed by atoms with van der Waals surface area (Å²) in [6, 6.07) is 11.3. The predicted molar refractivity (Wildman–Crippen MR) is 83.5 cm³/mol. The maximum absolute atomic E-state index is 10.8. The fraction of sp³-hybridized carbons (Fsp3) is 0.125. The van der Waals surface area contributed by atoms with Gasteiger partial charge in [-0.3, -0.25) is 4.57 Å². The number of aromatic carboxylic acids is 1. The molecule has 3 aromatic rings. The molecule has 0 radical (unpaired) electrons. The predicted octanol–water partition coefficient (Wildman–Crippen LogP) is 3.76. The van der Waals surface area contributed by atoms with Crippen LogP contribution >= 0.6 is 11.8 Å². The second-order valence-electron chi connectivity index (χ2n) is 4.78. The SMILES string of the molecule is Cc1cccc(-n2ccnc2SCc2ccc(C(=O)O)o2)c1. The molecule has 0 aliphatic heterocycles. The molecule has 0 saturated heterocycles. The van der Waals surface area contributed by atoms with Crippen LogP contribution in [0, 0.1) is 6.92 Å². The Morgan fingerprint density at radius 2 is 2.23 bits per heavy atom. The monoisotopic (exact) mass is 314 g/mol. The molecule has 5 nitrogen and oxygen atoms in total. The molecule has 0 fully saturated rings. The summed E-state index contributed by atoms with van der Waals surface area (Å²) in [6.07, 6.45) is 3.65. The number of aromatic nitrogens is 2. The molecule has 0 atom stereocenters. The lowest BCUT2D eigenvalue weighted by atomic mass is 10.2. The Morgan fingerprint density at radius 1 is 1.36 bits per heavy atom. The van der Waals surface area contributed by atoms with Gasteiger partial charge in [-0.1, -0.05) is 23.9 Å². The standard InChI is InChI=1S/C16H14N2O3S/c1-11-3-2-4-12(9-11)18-8-7-17-16(18)22-10-13-5-6-14(21-13)15(19)20/h2-9H,10H2,1H3,(H,19,20). The minimum Gasteiger partial charge on any atom is -0.475 e. The van der Waals surface area contributed by atoms with Gasteiger partial charge in [-0.2, -0.15) is 0 Å². The van der Waals surface area contributed by atoms with Gasteiger partial charge in [0, 0.05) is 18.1 Å². The van der Waals surface area contributed by atoms with E-state index in [4.69, 9.17) is 9.52 Å². The number of furan rings is 1. The van der Waals surface area contributed by atoms with Crippen LogP contribution in [0.25, 0.3) is 5.69 Å². The second kappa shape index (κ2) is 6.11. The number of rotatable bonds is 5. The van der Waals surface area contributed by atoms with Crippen molar-refractivity contribution in [2.75, 3.05) is 0 Å². The number of carbonyl (C=O) groups is 1. The number of hydrogen-bond acceptors (Lipinski definition) is 4. The first-order chi connectivity index (χ1) is 10.6. The Hall–Kier alpha value is -2.47. The van der Waals surface area contributed by atoms with Gasteiger partial charge in [-0.25, -0.2) is 9.78 Å². The molecule has 2 heterocycles. The number of hydrogen-bond donors (Lipinski definition) is 1. The molecule has 0 aliphatic rings. The van der Waals surface area contributed by atoms with Crippen LogP contribution in [-0.2, 0) is 5.75 Å². The summed E-state index contributed by atoms with van der Waals surface area (Å²) in [5.41, 5.74) is 2.23. The molecule has 6 heteroatoms. The molecule has 0 saturated carbocycles. The average Bonchev–Trinajstić information content (AvgIpc) is 3.14. The van der Waals surface area contributed by atoms with Gasteiger partial charge in [-0.05, 0) is 36.8 Å². The topological polar surface area (TPSA) is 68.3 Å². The molecule has 0 amide bonds. The molecule has 2 aromatic heterocycles. The maximum atomic E-state index is 10.8. The lowest BCUT2D eigenvalue weighted by Gasteiger charge is -2.07. The van der Waals surface area contributed by atoms with Crippen LogP contribution in [0.2, 0.25) is 0 Å². The van der Waals surface area contributed by atoms with E-state index in [0.717, 1.165) is 10.8 Å². The van der Waals surface area contributed by atoms with E-state index in [9.17, 15) is 4.79 Å². The van der Waals surface area contributed by atoms with Gasteiger partial charge >= 0.3 is 5.97 Å². The third kappa shape index (κ3) is 3.07. The van der Waals surface area contributed by atoms with Crippen molar-refractivity contribution in [1.82, 2.24) is 9.55 Å². The number of imidazole rings is 1. The van der Waals surface area contributed by atoms with E-state index in [0.29, 0.717) is 11.5 Å². The highest BCUT2D eigenvalue weighted by Crippen LogP contribution is 2.25. The number of thioether (sulfide) groups is 1. The van der Waals surface area contributed by atoms with Crippen LogP contribution in [0.3, 0.4) is 0 Å². The summed E-state index contributed by atoms with van der Waals surface area (Å²) >= 11 is 1.50. The highest BCUT2D eigenvalue weighted by molar-refractivity contribution is 7.98. The van der Waals surface area contributed by atoms with E-state index in [2.05, 4.69) is 11.1 Å². The van der Waals surface area contributed by atoms with E-state index in [-0.39, 0.29) is 5.76 Å². The summed E-state index contributed by atoms with van der Waals surface area (Å²) in [6.45, 7) is 2.05. The third-order valence-corrected chi connectivity index (χ3v) is 4.09. The van der Waals surface area contributed by atoms with Crippen LogP contribution in [0.1, 0.15) is 21.9 Å². The van der Waals surface area contributed by atoms with Gasteiger partial charge in [0.05, 0.1) is 5.75 Å². The molecule has 0 spiro atoms. The zero-order chi connectivity index (χ0) is 15.5. The van der Waals surface area contributed by atoms with Gasteiger partial charge in [0.15, 0.2) is 5.16 Å². The molecule has 0 unspecified atom stereocenters. The summed E-state index contributed by atoms with van der Waals surface area (Å²) < 4.78 is 7.25. The van der Waals surface area contributed by atoms with Crippen molar-refractivity contribution < 1.29 is 14.3 Å². The normalized spacial score (nSPS) is 10.8. The zero-order valence-electron chi connectivity index (χ0n) is 11.9. The van der Waals surface area contributed by atoms with Gasteiger partial charge in [0.25, 0.3) is 0 Å². The van der Waals surface area contributed by atoms with Crippen LogP contribution < -0.4 is 0 Å². The molecule has 22 heavy (non-hydrogen) atoms. The minimum atomic E-state index is -1.06. The Bertz CT molecular complexity index is 807. The second-order valence-corrected chi connectivity index (χ2v) is 5.72. The smallest absolute Gasteiger partial charge is 0.371 e. The van der Waals surface area contributed by atoms with Crippen molar-refractivity contribution in [3.8, 4) is 5.69 Å². The first kappa shape index (κ1) is 14.5. The van der Waals surface area contributed by atoms with Gasteiger partial charge in [-0.15, -0.1) is 0 Å². The first-order valence-electron chi connectivity index (χ1n) is 6.68. The molecule has 0 aliphatic carbocycles. The maximum Gasteiger partial charge on any atom is 0.371 e. The van der Waals surface area contributed by atoms with Crippen molar-refractivity contribution in [1.29, 1.82) is 0 Å². The lowest BCUT2D eigenvalue weighted by Crippen LogP contribution is -1.95. The number of aryl methyl sites for hydroxylation is 1. The molecule has 0 bridgehead atoms. The number of carboxylic acids is 1. The van der Waals surface area contributed by atoms with Crippen molar-refractivity contribution >= 4 is 17.7 Å². The van der Waals surface area contributed by atoms with Crippen LogP contribution in [0.15, 0.2) is 58.4 Å². The molecule has 1 aromatic carbocycles. The molecule has 3 rings (SSSR count). The lowest BCUT2D eigenvalue weighted by molar-refractivity contribution is 0.0661. The van der Waals surface area contributed by atoms with E-state index >= 15 is 0 Å². The largest absolute Gasteiger partial charge is 0.475 e. The van der Waals surface area contributed by atoms with Crippen molar-refractivity contribution in [3.05, 3.63) is 65.9 Å². The van der Waals surface area contributed by atoms with E-state index in [1.165, 1.54) is 23.4 Å². The quantitative estimate of drug-likeness (QED) is 0.726.